The number of rotatable bonds is 2. The number of carbonyl (C=O) groups excluding carboxylic acids is 1. The fourth-order valence-corrected chi connectivity index (χ4v) is 5.53. The maximum Gasteiger partial charge on any atom is 0.279 e. The molecule has 2 aromatic rings. The molecule has 2 aliphatic rings. The van der Waals surface area contributed by atoms with Gasteiger partial charge in [0.25, 0.3) is 5.56 Å². The number of aryl methyl sites for hydroxylation is 2. The van der Waals surface area contributed by atoms with Crippen LogP contribution in [0.1, 0.15) is 56.4 Å². The van der Waals surface area contributed by atoms with Gasteiger partial charge in [-0.05, 0) is 64.4 Å². The van der Waals surface area contributed by atoms with Crippen LogP contribution in [0.2, 0.25) is 0 Å². The summed E-state index contributed by atoms with van der Waals surface area (Å²) in [5, 5.41) is 8.99. The third-order valence-corrected chi connectivity index (χ3v) is 6.79. The Morgan fingerprint density at radius 1 is 1.16 bits per heavy atom. The molecule has 25 heavy (non-hydrogen) atoms. The molecule has 0 N–H and O–H groups in total. The third-order valence-electron chi connectivity index (χ3n) is 5.61. The second-order valence-corrected chi connectivity index (χ2v) is 8.46. The van der Waals surface area contributed by atoms with Crippen LogP contribution in [-0.2, 0) is 24.2 Å². The Kier molecular flexibility index (Phi) is 4.35. The van der Waals surface area contributed by atoms with E-state index in [0.717, 1.165) is 48.9 Å². The Bertz CT molecular complexity index is 862. The van der Waals surface area contributed by atoms with Crippen LogP contribution in [0.5, 0.6) is 0 Å². The van der Waals surface area contributed by atoms with Gasteiger partial charge in [0, 0.05) is 17.0 Å². The van der Waals surface area contributed by atoms with E-state index in [1.807, 2.05) is 4.90 Å². The van der Waals surface area contributed by atoms with Crippen LogP contribution in [0.25, 0.3) is 10.2 Å². The lowest BCUT2D eigenvalue weighted by Crippen LogP contribution is -2.49. The number of fused-ring (bicyclic) bond motifs is 3. The molecule has 2 atom stereocenters. The number of thiophene rings is 1. The molecule has 1 aliphatic carbocycles. The summed E-state index contributed by atoms with van der Waals surface area (Å²) in [4.78, 5) is 29.7. The van der Waals surface area contributed by atoms with Crippen molar-refractivity contribution < 1.29 is 4.79 Å². The van der Waals surface area contributed by atoms with Crippen molar-refractivity contribution in [3.05, 3.63) is 20.8 Å². The van der Waals surface area contributed by atoms with Gasteiger partial charge in [0.15, 0.2) is 4.83 Å². The molecular formula is C18H24N4O2S. The van der Waals surface area contributed by atoms with Gasteiger partial charge >= 0.3 is 0 Å². The van der Waals surface area contributed by atoms with Crippen LogP contribution in [0.4, 0.5) is 0 Å². The lowest BCUT2D eigenvalue weighted by Gasteiger charge is -2.39. The molecule has 0 unspecified atom stereocenters. The molecule has 134 valence electrons. The molecule has 0 spiro atoms. The zero-order chi connectivity index (χ0) is 17.6. The molecule has 1 fully saturated rings. The fraction of sp³-hybridized carbons (Fsp3) is 0.667. The first kappa shape index (κ1) is 16.7. The van der Waals surface area contributed by atoms with Crippen molar-refractivity contribution in [3.8, 4) is 0 Å². The summed E-state index contributed by atoms with van der Waals surface area (Å²) in [6.07, 6.45) is 7.44. The first-order valence-corrected chi connectivity index (χ1v) is 10.1. The van der Waals surface area contributed by atoms with Crippen LogP contribution < -0.4 is 5.56 Å². The minimum Gasteiger partial charge on any atom is -0.336 e. The molecule has 1 amide bonds. The number of amides is 1. The van der Waals surface area contributed by atoms with E-state index < -0.39 is 0 Å². The molecule has 1 saturated heterocycles. The Morgan fingerprint density at radius 2 is 1.88 bits per heavy atom. The third kappa shape index (κ3) is 2.88. The van der Waals surface area contributed by atoms with Crippen molar-refractivity contribution in [1.82, 2.24) is 19.9 Å². The molecule has 7 heteroatoms. The van der Waals surface area contributed by atoms with E-state index in [4.69, 9.17) is 0 Å². The van der Waals surface area contributed by atoms with Crippen molar-refractivity contribution in [2.24, 2.45) is 0 Å². The average Bonchev–Trinajstić information content (AvgIpc) is 2.96. The smallest absolute Gasteiger partial charge is 0.279 e. The van der Waals surface area contributed by atoms with E-state index in [0.29, 0.717) is 5.39 Å². The molecular weight excluding hydrogens is 336 g/mol. The van der Waals surface area contributed by atoms with Gasteiger partial charge in [-0.3, -0.25) is 9.59 Å². The van der Waals surface area contributed by atoms with Crippen LogP contribution in [0.3, 0.4) is 0 Å². The summed E-state index contributed by atoms with van der Waals surface area (Å²) < 4.78 is 1.26. The Balaban J connectivity index is 1.66. The minimum atomic E-state index is -0.157. The Morgan fingerprint density at radius 3 is 2.64 bits per heavy atom. The van der Waals surface area contributed by atoms with E-state index in [9.17, 15) is 9.59 Å². The molecule has 0 saturated carbocycles. The number of aromatic nitrogens is 3. The highest BCUT2D eigenvalue weighted by Crippen LogP contribution is 2.33. The predicted molar refractivity (Wildman–Crippen MR) is 97.9 cm³/mol. The van der Waals surface area contributed by atoms with E-state index in [-0.39, 0.29) is 30.1 Å². The van der Waals surface area contributed by atoms with Crippen LogP contribution in [0.15, 0.2) is 4.79 Å². The van der Waals surface area contributed by atoms with Gasteiger partial charge in [-0.25, -0.2) is 4.68 Å². The van der Waals surface area contributed by atoms with Crippen molar-refractivity contribution in [2.75, 3.05) is 0 Å². The van der Waals surface area contributed by atoms with Gasteiger partial charge in [0.05, 0.1) is 5.39 Å². The zero-order valence-electron chi connectivity index (χ0n) is 14.8. The highest BCUT2D eigenvalue weighted by molar-refractivity contribution is 7.18. The topological polar surface area (TPSA) is 68.1 Å². The first-order valence-electron chi connectivity index (χ1n) is 9.25. The van der Waals surface area contributed by atoms with Crippen molar-refractivity contribution in [3.63, 3.8) is 0 Å². The zero-order valence-corrected chi connectivity index (χ0v) is 15.6. The second-order valence-electron chi connectivity index (χ2n) is 7.37. The standard InChI is InChI=1S/C18H24N4O2S/c1-11-6-5-7-12(2)22(11)15(23)10-21-18(24)16-13-8-3-4-9-14(13)25-17(16)19-20-21/h11-12H,3-10H2,1-2H3/t11-,12-/m0/s1. The minimum absolute atomic E-state index is 0.0128. The molecule has 4 rings (SSSR count). The predicted octanol–water partition coefficient (Wildman–Crippen LogP) is 2.52. The molecule has 6 nitrogen and oxygen atoms in total. The monoisotopic (exact) mass is 360 g/mol. The largest absolute Gasteiger partial charge is 0.336 e. The number of carbonyl (C=O) groups is 1. The normalized spacial score (nSPS) is 23.7. The second kappa shape index (κ2) is 6.52. The van der Waals surface area contributed by atoms with Gasteiger partial charge in [0.2, 0.25) is 5.91 Å². The molecule has 3 heterocycles. The molecule has 2 aromatic heterocycles. The molecule has 0 bridgehead atoms. The van der Waals surface area contributed by atoms with Crippen molar-refractivity contribution in [2.45, 2.75) is 77.4 Å². The maximum absolute atomic E-state index is 12.9. The SMILES string of the molecule is C[C@H]1CCC[C@H](C)N1C(=O)Cn1nnc2sc3c(c2c1=O)CCCC3. The number of likely N-dealkylation sites (tertiary alicyclic amines) is 1. The van der Waals surface area contributed by atoms with Gasteiger partial charge in [-0.1, -0.05) is 5.21 Å². The van der Waals surface area contributed by atoms with Crippen molar-refractivity contribution in [1.29, 1.82) is 0 Å². The number of nitrogens with zero attached hydrogens (tertiary/aromatic N) is 4. The van der Waals surface area contributed by atoms with Crippen LogP contribution in [0, 0.1) is 0 Å². The maximum atomic E-state index is 12.9. The van der Waals surface area contributed by atoms with E-state index >= 15 is 0 Å². The molecule has 1 aliphatic heterocycles. The summed E-state index contributed by atoms with van der Waals surface area (Å²) >= 11 is 1.59. The number of hydrogen-bond acceptors (Lipinski definition) is 5. The Labute approximate surface area is 150 Å². The van der Waals surface area contributed by atoms with E-state index in [2.05, 4.69) is 24.2 Å². The lowest BCUT2D eigenvalue weighted by molar-refractivity contribution is -0.138. The summed E-state index contributed by atoms with van der Waals surface area (Å²) in [5.74, 6) is -0.0282. The summed E-state index contributed by atoms with van der Waals surface area (Å²) in [7, 11) is 0. The van der Waals surface area contributed by atoms with E-state index in [1.54, 1.807) is 11.3 Å². The van der Waals surface area contributed by atoms with Crippen molar-refractivity contribution >= 4 is 27.5 Å². The summed E-state index contributed by atoms with van der Waals surface area (Å²) in [5.41, 5.74) is 0.988. The fourth-order valence-electron chi connectivity index (χ4n) is 4.33. The summed E-state index contributed by atoms with van der Waals surface area (Å²) in [6, 6.07) is 0.440. The van der Waals surface area contributed by atoms with Gasteiger partial charge in [-0.2, -0.15) is 0 Å². The van der Waals surface area contributed by atoms with Crippen LogP contribution >= 0.6 is 11.3 Å². The van der Waals surface area contributed by atoms with Crippen LogP contribution in [-0.4, -0.2) is 37.9 Å². The number of hydrogen-bond donors (Lipinski definition) is 0. The van der Waals surface area contributed by atoms with Gasteiger partial charge in [0.1, 0.15) is 6.54 Å². The molecule has 0 aromatic carbocycles. The number of piperidine rings is 1. The van der Waals surface area contributed by atoms with Gasteiger partial charge < -0.3 is 4.90 Å². The quantitative estimate of drug-likeness (QED) is 0.825. The summed E-state index contributed by atoms with van der Waals surface area (Å²) in [6.45, 7) is 4.15. The van der Waals surface area contributed by atoms with E-state index in [1.165, 1.54) is 16.0 Å². The highest BCUT2D eigenvalue weighted by Gasteiger charge is 2.30. The Hall–Kier alpha value is -1.76. The lowest BCUT2D eigenvalue weighted by atomic mass is 9.97. The average molecular weight is 360 g/mol. The highest BCUT2D eigenvalue weighted by atomic mass is 32.1. The first-order chi connectivity index (χ1) is 12.1. The molecule has 0 radical (unpaired) electrons. The van der Waals surface area contributed by atoms with Gasteiger partial charge in [-0.15, -0.1) is 16.4 Å².